The molecule has 0 radical (unpaired) electrons. The van der Waals surface area contributed by atoms with Crippen molar-refractivity contribution < 1.29 is 18.0 Å². The van der Waals surface area contributed by atoms with E-state index >= 15 is 0 Å². The summed E-state index contributed by atoms with van der Waals surface area (Å²) in [6.45, 7) is 1.91. The number of carbonyl (C=O) groups excluding carboxylic acids is 1. The van der Waals surface area contributed by atoms with E-state index in [4.69, 9.17) is 0 Å². The highest BCUT2D eigenvalue weighted by molar-refractivity contribution is 5.94. The molecule has 1 aromatic carbocycles. The Labute approximate surface area is 179 Å². The normalized spacial score (nSPS) is 18.3. The maximum absolute atomic E-state index is 13.3. The molecule has 0 saturated heterocycles. The van der Waals surface area contributed by atoms with Gasteiger partial charge in [0, 0.05) is 43.5 Å². The molecular weight excluding hydrogens is 419 g/mol. The summed E-state index contributed by atoms with van der Waals surface area (Å²) in [5.41, 5.74) is 0.636. The van der Waals surface area contributed by atoms with Crippen LogP contribution in [0.4, 0.5) is 24.9 Å². The lowest BCUT2D eigenvalue weighted by molar-refractivity contribution is 0.0925. The zero-order chi connectivity index (χ0) is 21.1. The van der Waals surface area contributed by atoms with E-state index in [1.54, 1.807) is 0 Å². The van der Waals surface area contributed by atoms with Gasteiger partial charge in [-0.2, -0.15) is 4.98 Å². The van der Waals surface area contributed by atoms with E-state index in [9.17, 15) is 18.0 Å². The Balaban J connectivity index is 0.00000320. The topological polar surface area (TPSA) is 70.2 Å². The van der Waals surface area contributed by atoms with Crippen molar-refractivity contribution in [2.24, 2.45) is 0 Å². The molecule has 2 N–H and O–H groups in total. The van der Waals surface area contributed by atoms with Gasteiger partial charge in [-0.15, -0.1) is 12.4 Å². The lowest BCUT2D eigenvalue weighted by Gasteiger charge is -2.30. The monoisotopic (exact) mass is 443 g/mol. The van der Waals surface area contributed by atoms with Gasteiger partial charge in [-0.3, -0.25) is 4.79 Å². The van der Waals surface area contributed by atoms with Crippen LogP contribution in [0, 0.1) is 24.4 Å². The fourth-order valence-corrected chi connectivity index (χ4v) is 3.37. The zero-order valence-corrected chi connectivity index (χ0v) is 17.8. The van der Waals surface area contributed by atoms with E-state index in [0.29, 0.717) is 30.9 Å². The second kappa shape index (κ2) is 9.97. The molecule has 0 spiro atoms. The third kappa shape index (κ3) is 5.75. The average molecular weight is 444 g/mol. The molecule has 1 amide bonds. The molecule has 6 nitrogen and oxygen atoms in total. The Morgan fingerprint density at radius 2 is 1.57 bits per heavy atom. The van der Waals surface area contributed by atoms with Crippen LogP contribution in [0.2, 0.25) is 0 Å². The highest BCUT2D eigenvalue weighted by atomic mass is 35.5. The van der Waals surface area contributed by atoms with Gasteiger partial charge in [-0.25, -0.2) is 18.2 Å². The molecule has 0 aliphatic heterocycles. The Kier molecular flexibility index (Phi) is 7.89. The molecule has 1 aliphatic carbocycles. The van der Waals surface area contributed by atoms with E-state index in [2.05, 4.69) is 20.6 Å². The summed E-state index contributed by atoms with van der Waals surface area (Å²) in [5.74, 6) is -3.56. The van der Waals surface area contributed by atoms with E-state index in [-0.39, 0.29) is 30.1 Å². The molecule has 1 aliphatic rings. The summed E-state index contributed by atoms with van der Waals surface area (Å²) < 4.78 is 39.7. The van der Waals surface area contributed by atoms with Crippen LogP contribution in [-0.4, -0.2) is 42.1 Å². The number of amides is 1. The highest BCUT2D eigenvalue weighted by Gasteiger charge is 2.24. The van der Waals surface area contributed by atoms with E-state index in [0.717, 1.165) is 24.4 Å². The molecule has 0 atom stereocenters. The first-order valence-electron chi connectivity index (χ1n) is 9.48. The van der Waals surface area contributed by atoms with Crippen LogP contribution >= 0.6 is 12.4 Å². The van der Waals surface area contributed by atoms with Gasteiger partial charge in [-0.05, 0) is 44.7 Å². The zero-order valence-electron chi connectivity index (χ0n) is 17.0. The first-order valence-corrected chi connectivity index (χ1v) is 9.48. The summed E-state index contributed by atoms with van der Waals surface area (Å²) in [7, 11) is 3.83. The summed E-state index contributed by atoms with van der Waals surface area (Å²) in [4.78, 5) is 23.1. The summed E-state index contributed by atoms with van der Waals surface area (Å²) in [5, 5.41) is 6.11. The van der Waals surface area contributed by atoms with Gasteiger partial charge in [0.1, 0.15) is 5.82 Å². The van der Waals surface area contributed by atoms with Gasteiger partial charge in [-0.1, -0.05) is 0 Å². The smallest absolute Gasteiger partial charge is 0.251 e. The van der Waals surface area contributed by atoms with Crippen molar-refractivity contribution >= 4 is 30.1 Å². The number of aromatic nitrogens is 2. The van der Waals surface area contributed by atoms with Crippen molar-refractivity contribution in [2.75, 3.05) is 24.3 Å². The lowest BCUT2D eigenvalue weighted by Crippen LogP contribution is -2.40. The largest absolute Gasteiger partial charge is 0.363 e. The molecule has 1 aromatic heterocycles. The molecule has 10 heteroatoms. The van der Waals surface area contributed by atoms with Crippen molar-refractivity contribution in [3.8, 4) is 0 Å². The van der Waals surface area contributed by atoms with Gasteiger partial charge >= 0.3 is 0 Å². The van der Waals surface area contributed by atoms with Gasteiger partial charge in [0.25, 0.3) is 5.91 Å². The predicted octanol–water partition coefficient (Wildman–Crippen LogP) is 3.84. The van der Waals surface area contributed by atoms with Crippen LogP contribution in [0.1, 0.15) is 41.7 Å². The molecule has 0 bridgehead atoms. The van der Waals surface area contributed by atoms with E-state index in [1.807, 2.05) is 32.0 Å². The fourth-order valence-electron chi connectivity index (χ4n) is 3.37. The molecule has 1 saturated carbocycles. The first kappa shape index (κ1) is 23.7. The lowest BCUT2D eigenvalue weighted by atomic mass is 9.91. The standard InChI is InChI=1S/C20H24F3N5O.ClH/c1-11-8-17(28(2)3)27-20(24-11)26-14-6-4-13(5-7-14)25-19(29)12-9-15(21)18(23)16(22)10-12;/h8-10,13-14H,4-7H2,1-3H3,(H,25,29)(H,24,26,27);1H. The van der Waals surface area contributed by atoms with Crippen LogP contribution in [0.25, 0.3) is 0 Å². The molecule has 30 heavy (non-hydrogen) atoms. The molecule has 164 valence electrons. The number of nitrogens with one attached hydrogen (secondary N) is 2. The van der Waals surface area contributed by atoms with Gasteiger partial charge < -0.3 is 15.5 Å². The Bertz CT molecular complexity index is 881. The summed E-state index contributed by atoms with van der Waals surface area (Å²) >= 11 is 0. The van der Waals surface area contributed by atoms with E-state index < -0.39 is 23.4 Å². The fraction of sp³-hybridized carbons (Fsp3) is 0.450. The average Bonchev–Trinajstić information content (AvgIpc) is 2.66. The molecular formula is C20H25ClF3N5O. The number of anilines is 2. The number of rotatable bonds is 5. The molecule has 2 aromatic rings. The quantitative estimate of drug-likeness (QED) is 0.687. The van der Waals surface area contributed by atoms with Crippen molar-refractivity contribution in [1.29, 1.82) is 0 Å². The molecule has 1 heterocycles. The van der Waals surface area contributed by atoms with Crippen LogP contribution in [0.5, 0.6) is 0 Å². The Morgan fingerprint density at radius 1 is 1.00 bits per heavy atom. The second-order valence-electron chi connectivity index (χ2n) is 7.51. The number of hydrogen-bond acceptors (Lipinski definition) is 5. The van der Waals surface area contributed by atoms with Gasteiger partial charge in [0.05, 0.1) is 0 Å². The number of halogens is 4. The van der Waals surface area contributed by atoms with Crippen LogP contribution < -0.4 is 15.5 Å². The third-order valence-corrected chi connectivity index (χ3v) is 4.94. The summed E-state index contributed by atoms with van der Waals surface area (Å²) in [6.07, 6.45) is 2.96. The SMILES string of the molecule is Cc1cc(N(C)C)nc(NC2CCC(NC(=O)c3cc(F)c(F)c(F)c3)CC2)n1.Cl. The minimum Gasteiger partial charge on any atom is -0.363 e. The van der Waals surface area contributed by atoms with Crippen LogP contribution in [0.15, 0.2) is 18.2 Å². The molecule has 1 fully saturated rings. The van der Waals surface area contributed by atoms with Crippen molar-refractivity contribution in [1.82, 2.24) is 15.3 Å². The van der Waals surface area contributed by atoms with Gasteiger partial charge in [0.2, 0.25) is 5.95 Å². The molecule has 3 rings (SSSR count). The highest BCUT2D eigenvalue weighted by Crippen LogP contribution is 2.23. The van der Waals surface area contributed by atoms with Crippen molar-refractivity contribution in [3.63, 3.8) is 0 Å². The van der Waals surface area contributed by atoms with E-state index in [1.165, 1.54) is 0 Å². The number of benzene rings is 1. The van der Waals surface area contributed by atoms with Crippen LogP contribution in [0.3, 0.4) is 0 Å². The third-order valence-electron chi connectivity index (χ3n) is 4.94. The minimum atomic E-state index is -1.58. The number of hydrogen-bond donors (Lipinski definition) is 2. The second-order valence-corrected chi connectivity index (χ2v) is 7.51. The first-order chi connectivity index (χ1) is 13.7. The van der Waals surface area contributed by atoms with Crippen LogP contribution in [-0.2, 0) is 0 Å². The maximum Gasteiger partial charge on any atom is 0.251 e. The minimum absolute atomic E-state index is 0. The predicted molar refractivity (Wildman–Crippen MR) is 112 cm³/mol. The molecule has 0 unspecified atom stereocenters. The van der Waals surface area contributed by atoms with Crippen molar-refractivity contribution in [3.05, 3.63) is 46.9 Å². The van der Waals surface area contributed by atoms with Crippen molar-refractivity contribution in [2.45, 2.75) is 44.7 Å². The number of aryl methyl sites for hydroxylation is 1. The van der Waals surface area contributed by atoms with Gasteiger partial charge in [0.15, 0.2) is 17.5 Å². The Morgan fingerprint density at radius 3 is 2.13 bits per heavy atom. The number of carbonyl (C=O) groups is 1. The number of nitrogens with zero attached hydrogens (tertiary/aromatic N) is 3. The summed E-state index contributed by atoms with van der Waals surface area (Å²) in [6, 6.07) is 3.36. The maximum atomic E-state index is 13.3. The Hall–Kier alpha value is -2.55.